The smallest absolute Gasteiger partial charge is 0.255 e. The van der Waals surface area contributed by atoms with Gasteiger partial charge in [-0.1, -0.05) is 18.5 Å². The lowest BCUT2D eigenvalue weighted by atomic mass is 10.2. The molecule has 0 aliphatic rings. The van der Waals surface area contributed by atoms with Crippen molar-refractivity contribution in [2.45, 2.75) is 6.92 Å². The lowest BCUT2D eigenvalue weighted by molar-refractivity contribution is 0.0951. The Morgan fingerprint density at radius 2 is 2.11 bits per heavy atom. The highest BCUT2D eigenvalue weighted by molar-refractivity contribution is 6.30. The van der Waals surface area contributed by atoms with Gasteiger partial charge in [0.15, 0.2) is 0 Å². The predicted molar refractivity (Wildman–Crippen MR) is 76.1 cm³/mol. The third-order valence-corrected chi connectivity index (χ3v) is 2.48. The van der Waals surface area contributed by atoms with E-state index >= 15 is 0 Å². The van der Waals surface area contributed by atoms with Crippen LogP contribution in [0.5, 0.6) is 5.75 Å². The van der Waals surface area contributed by atoms with Gasteiger partial charge in [0.25, 0.3) is 5.91 Å². The number of hydrogen-bond acceptors (Lipinski definition) is 3. The van der Waals surface area contributed by atoms with E-state index < -0.39 is 0 Å². The van der Waals surface area contributed by atoms with Crippen molar-refractivity contribution in [2.75, 3.05) is 26.7 Å². The molecule has 18 heavy (non-hydrogen) atoms. The summed E-state index contributed by atoms with van der Waals surface area (Å²) in [5.74, 6) is 0.329. The molecular weight excluding hydrogens is 275 g/mol. The minimum absolute atomic E-state index is 0. The first-order valence-corrected chi connectivity index (χ1v) is 5.89. The number of hydrogen-bond donors (Lipinski definition) is 2. The fourth-order valence-corrected chi connectivity index (χ4v) is 1.55. The van der Waals surface area contributed by atoms with Crippen LogP contribution in [-0.4, -0.2) is 32.7 Å². The number of carbonyl (C=O) groups excluding carboxylic acids is 1. The summed E-state index contributed by atoms with van der Waals surface area (Å²) in [5, 5.41) is 6.48. The molecule has 0 bridgehead atoms. The van der Waals surface area contributed by atoms with Gasteiger partial charge in [0, 0.05) is 18.1 Å². The molecule has 0 aliphatic heterocycles. The molecule has 1 amide bonds. The fraction of sp³-hybridized carbons (Fsp3) is 0.417. The second kappa shape index (κ2) is 9.03. The number of rotatable bonds is 6. The highest BCUT2D eigenvalue weighted by Crippen LogP contribution is 2.22. The van der Waals surface area contributed by atoms with E-state index in [1.54, 1.807) is 18.2 Å². The highest BCUT2D eigenvalue weighted by Gasteiger charge is 2.11. The average Bonchev–Trinajstić information content (AvgIpc) is 2.34. The van der Waals surface area contributed by atoms with E-state index in [1.807, 2.05) is 6.92 Å². The van der Waals surface area contributed by atoms with Gasteiger partial charge in [0.2, 0.25) is 0 Å². The summed E-state index contributed by atoms with van der Waals surface area (Å²) < 4.78 is 5.11. The van der Waals surface area contributed by atoms with E-state index in [9.17, 15) is 4.79 Å². The van der Waals surface area contributed by atoms with Gasteiger partial charge in [0.1, 0.15) is 5.75 Å². The van der Waals surface area contributed by atoms with Crippen molar-refractivity contribution in [3.63, 3.8) is 0 Å². The SMILES string of the molecule is CCNCCNC(=O)c1ccc(Cl)cc1OC.Cl. The number of likely N-dealkylation sites (N-methyl/N-ethyl adjacent to an activating group) is 1. The Labute approximate surface area is 118 Å². The summed E-state index contributed by atoms with van der Waals surface area (Å²) in [6.45, 7) is 4.24. The monoisotopic (exact) mass is 292 g/mol. The number of nitrogens with one attached hydrogen (secondary N) is 2. The van der Waals surface area contributed by atoms with Crippen LogP contribution in [0.3, 0.4) is 0 Å². The zero-order valence-electron chi connectivity index (χ0n) is 10.5. The largest absolute Gasteiger partial charge is 0.496 e. The molecule has 6 heteroatoms. The Balaban J connectivity index is 0.00000289. The van der Waals surface area contributed by atoms with Crippen LogP contribution in [0.4, 0.5) is 0 Å². The minimum atomic E-state index is -0.156. The molecule has 0 aliphatic carbocycles. The van der Waals surface area contributed by atoms with Gasteiger partial charge in [-0.3, -0.25) is 4.79 Å². The van der Waals surface area contributed by atoms with Crippen LogP contribution in [-0.2, 0) is 0 Å². The molecule has 4 nitrogen and oxygen atoms in total. The summed E-state index contributed by atoms with van der Waals surface area (Å²) in [6.07, 6.45) is 0. The van der Waals surface area contributed by atoms with Crippen molar-refractivity contribution in [1.82, 2.24) is 10.6 Å². The molecule has 0 fully saturated rings. The van der Waals surface area contributed by atoms with Crippen LogP contribution >= 0.6 is 24.0 Å². The van der Waals surface area contributed by atoms with E-state index in [1.165, 1.54) is 7.11 Å². The Morgan fingerprint density at radius 1 is 1.39 bits per heavy atom. The molecule has 0 unspecified atom stereocenters. The lowest BCUT2D eigenvalue weighted by Crippen LogP contribution is -2.31. The zero-order valence-corrected chi connectivity index (χ0v) is 12.0. The van der Waals surface area contributed by atoms with Gasteiger partial charge >= 0.3 is 0 Å². The summed E-state index contributed by atoms with van der Waals surface area (Å²) in [4.78, 5) is 11.8. The van der Waals surface area contributed by atoms with E-state index in [2.05, 4.69) is 10.6 Å². The third-order valence-electron chi connectivity index (χ3n) is 2.25. The summed E-state index contributed by atoms with van der Waals surface area (Å²) >= 11 is 5.82. The summed E-state index contributed by atoms with van der Waals surface area (Å²) in [7, 11) is 1.51. The Bertz CT molecular complexity index is 386. The first-order valence-electron chi connectivity index (χ1n) is 5.51. The number of halogens is 2. The Hall–Kier alpha value is -0.970. The van der Waals surface area contributed by atoms with Gasteiger partial charge in [0.05, 0.1) is 12.7 Å². The number of carbonyl (C=O) groups is 1. The molecule has 102 valence electrons. The number of methoxy groups -OCH3 is 1. The van der Waals surface area contributed by atoms with Crippen molar-refractivity contribution >= 4 is 29.9 Å². The molecule has 1 rings (SSSR count). The standard InChI is InChI=1S/C12H17ClN2O2.ClH/c1-3-14-6-7-15-12(16)10-5-4-9(13)8-11(10)17-2;/h4-5,8,14H,3,6-7H2,1-2H3,(H,15,16);1H. The molecule has 0 atom stereocenters. The number of ether oxygens (including phenoxy) is 1. The van der Waals surface area contributed by atoms with E-state index in [0.29, 0.717) is 22.9 Å². The van der Waals surface area contributed by atoms with Crippen LogP contribution in [0.25, 0.3) is 0 Å². The maximum Gasteiger partial charge on any atom is 0.255 e. The number of amides is 1. The molecule has 0 radical (unpaired) electrons. The molecular formula is C12H18Cl2N2O2. The van der Waals surface area contributed by atoms with Gasteiger partial charge in [-0.25, -0.2) is 0 Å². The van der Waals surface area contributed by atoms with Crippen molar-refractivity contribution in [3.05, 3.63) is 28.8 Å². The Kier molecular flexibility index (Phi) is 8.54. The van der Waals surface area contributed by atoms with Crippen LogP contribution < -0.4 is 15.4 Å². The van der Waals surface area contributed by atoms with Crippen molar-refractivity contribution in [3.8, 4) is 5.75 Å². The van der Waals surface area contributed by atoms with E-state index in [-0.39, 0.29) is 18.3 Å². The van der Waals surface area contributed by atoms with Crippen LogP contribution in [0.15, 0.2) is 18.2 Å². The number of benzene rings is 1. The van der Waals surface area contributed by atoms with Gasteiger partial charge < -0.3 is 15.4 Å². The van der Waals surface area contributed by atoms with Gasteiger partial charge in [-0.15, -0.1) is 12.4 Å². The lowest BCUT2D eigenvalue weighted by Gasteiger charge is -2.09. The minimum Gasteiger partial charge on any atom is -0.496 e. The predicted octanol–water partition coefficient (Wildman–Crippen LogP) is 2.11. The molecule has 0 aromatic heterocycles. The molecule has 2 N–H and O–H groups in total. The van der Waals surface area contributed by atoms with Crippen molar-refractivity contribution in [2.24, 2.45) is 0 Å². The highest BCUT2D eigenvalue weighted by atomic mass is 35.5. The second-order valence-electron chi connectivity index (χ2n) is 3.45. The maximum atomic E-state index is 11.8. The second-order valence-corrected chi connectivity index (χ2v) is 3.89. The molecule has 0 saturated heterocycles. The van der Waals surface area contributed by atoms with Crippen LogP contribution in [0.1, 0.15) is 17.3 Å². The van der Waals surface area contributed by atoms with Gasteiger partial charge in [-0.05, 0) is 24.7 Å². The Morgan fingerprint density at radius 3 is 2.72 bits per heavy atom. The molecule has 1 aromatic carbocycles. The van der Waals surface area contributed by atoms with Crippen molar-refractivity contribution in [1.29, 1.82) is 0 Å². The first kappa shape index (κ1) is 17.0. The summed E-state index contributed by atoms with van der Waals surface area (Å²) in [6, 6.07) is 4.95. The normalized spacial score (nSPS) is 9.50. The quantitative estimate of drug-likeness (QED) is 0.790. The maximum absolute atomic E-state index is 11.8. The van der Waals surface area contributed by atoms with Gasteiger partial charge in [-0.2, -0.15) is 0 Å². The summed E-state index contributed by atoms with van der Waals surface area (Å²) in [5.41, 5.74) is 0.494. The van der Waals surface area contributed by atoms with Crippen LogP contribution in [0, 0.1) is 0 Å². The third kappa shape index (κ3) is 5.12. The van der Waals surface area contributed by atoms with E-state index in [0.717, 1.165) is 13.1 Å². The fourth-order valence-electron chi connectivity index (χ4n) is 1.39. The zero-order chi connectivity index (χ0) is 12.7. The topological polar surface area (TPSA) is 50.4 Å². The van der Waals surface area contributed by atoms with Crippen LogP contribution in [0.2, 0.25) is 5.02 Å². The molecule has 0 saturated carbocycles. The molecule has 0 spiro atoms. The first-order chi connectivity index (χ1) is 8.19. The van der Waals surface area contributed by atoms with E-state index in [4.69, 9.17) is 16.3 Å². The molecule has 0 heterocycles. The molecule has 1 aromatic rings. The average molecular weight is 293 g/mol. The van der Waals surface area contributed by atoms with Crippen molar-refractivity contribution < 1.29 is 9.53 Å².